The Kier molecular flexibility index (Phi) is 10.6. The lowest BCUT2D eigenvalue weighted by molar-refractivity contribution is 0.162. The standard InChI is InChI=1S/C31H42FN2OPSSi/c1-23(2)31(4,5)38(6,7)35-24(3)29(34-30(37)33-26-20-18-25(32)19-21-26)22-36(27-14-10-8-11-15-27)28-16-12-9-13-17-28/h8-21,23-24,29H,22H2,1-7H3,(H2,33,34,37)/t24-,29-/m1/s1. The molecule has 0 aliphatic rings. The summed E-state index contributed by atoms with van der Waals surface area (Å²) in [4.78, 5) is 0. The first-order valence-electron chi connectivity index (χ1n) is 13.3. The SMILES string of the molecule is CC(C)C(C)(C)[Si](C)(C)O[C@H](C)[C@@H](CP(c1ccccc1)c1ccccc1)NC(=S)Nc1ccc(F)cc1. The smallest absolute Gasteiger partial charge is 0.193 e. The molecule has 38 heavy (non-hydrogen) atoms. The van der Waals surface area contributed by atoms with Crippen molar-refractivity contribution in [2.24, 2.45) is 5.92 Å². The molecular weight excluding hydrogens is 526 g/mol. The van der Waals surface area contributed by atoms with Gasteiger partial charge in [0, 0.05) is 5.69 Å². The van der Waals surface area contributed by atoms with Crippen LogP contribution in [0.1, 0.15) is 34.6 Å². The predicted molar refractivity (Wildman–Crippen MR) is 170 cm³/mol. The van der Waals surface area contributed by atoms with Crippen LogP contribution >= 0.6 is 20.1 Å². The average molecular weight is 569 g/mol. The molecule has 3 nitrogen and oxygen atoms in total. The van der Waals surface area contributed by atoms with Crippen molar-refractivity contribution >= 4 is 49.9 Å². The number of halogens is 1. The van der Waals surface area contributed by atoms with E-state index in [0.29, 0.717) is 11.0 Å². The van der Waals surface area contributed by atoms with Gasteiger partial charge in [0.15, 0.2) is 13.4 Å². The van der Waals surface area contributed by atoms with Gasteiger partial charge < -0.3 is 15.1 Å². The van der Waals surface area contributed by atoms with E-state index in [1.807, 2.05) is 0 Å². The largest absolute Gasteiger partial charge is 0.412 e. The lowest BCUT2D eigenvalue weighted by atomic mass is 9.99. The third kappa shape index (κ3) is 7.95. The van der Waals surface area contributed by atoms with E-state index < -0.39 is 16.2 Å². The molecule has 0 saturated carbocycles. The van der Waals surface area contributed by atoms with Gasteiger partial charge in [-0.15, -0.1) is 0 Å². The van der Waals surface area contributed by atoms with E-state index in [4.69, 9.17) is 16.6 Å². The molecule has 3 aromatic carbocycles. The Hall–Kier alpha value is -2.11. The maximum absolute atomic E-state index is 13.4. The van der Waals surface area contributed by atoms with Crippen molar-refractivity contribution in [2.75, 3.05) is 11.5 Å². The average Bonchev–Trinajstić information content (AvgIpc) is 2.88. The molecule has 0 unspecified atom stereocenters. The first kappa shape index (κ1) is 30.4. The first-order valence-corrected chi connectivity index (χ1v) is 18.1. The number of hydrogen-bond donors (Lipinski definition) is 2. The zero-order chi connectivity index (χ0) is 27.9. The van der Waals surface area contributed by atoms with Crippen LogP contribution in [0.5, 0.6) is 0 Å². The van der Waals surface area contributed by atoms with Crippen LogP contribution in [0.4, 0.5) is 10.1 Å². The Labute approximate surface area is 236 Å². The topological polar surface area (TPSA) is 33.3 Å². The van der Waals surface area contributed by atoms with E-state index in [2.05, 4.69) is 119 Å². The fourth-order valence-electron chi connectivity index (χ4n) is 4.35. The van der Waals surface area contributed by atoms with Gasteiger partial charge in [0.2, 0.25) is 0 Å². The van der Waals surface area contributed by atoms with Gasteiger partial charge in [0.25, 0.3) is 0 Å². The van der Waals surface area contributed by atoms with Crippen LogP contribution < -0.4 is 21.2 Å². The molecule has 0 aromatic heterocycles. The predicted octanol–water partition coefficient (Wildman–Crippen LogP) is 7.66. The second-order valence-corrected chi connectivity index (χ2v) is 18.4. The van der Waals surface area contributed by atoms with Crippen LogP contribution in [-0.4, -0.2) is 31.7 Å². The number of nitrogens with one attached hydrogen (secondary N) is 2. The molecule has 0 aliphatic carbocycles. The lowest BCUT2D eigenvalue weighted by Crippen LogP contribution is -2.54. The van der Waals surface area contributed by atoms with Gasteiger partial charge in [-0.05, 0) is 92.1 Å². The fourth-order valence-corrected chi connectivity index (χ4v) is 9.97. The van der Waals surface area contributed by atoms with Gasteiger partial charge in [0.1, 0.15) is 5.82 Å². The highest BCUT2D eigenvalue weighted by atomic mass is 32.1. The Balaban J connectivity index is 1.91. The maximum atomic E-state index is 13.4. The van der Waals surface area contributed by atoms with E-state index in [1.54, 1.807) is 12.1 Å². The highest BCUT2D eigenvalue weighted by Gasteiger charge is 2.45. The minimum absolute atomic E-state index is 0.0308. The summed E-state index contributed by atoms with van der Waals surface area (Å²) in [5.74, 6) is 0.236. The zero-order valence-corrected chi connectivity index (χ0v) is 26.4. The summed E-state index contributed by atoms with van der Waals surface area (Å²) in [6, 6.07) is 27.7. The molecule has 0 heterocycles. The van der Waals surface area contributed by atoms with Gasteiger partial charge in [-0.3, -0.25) is 0 Å². The van der Waals surface area contributed by atoms with E-state index in [0.717, 1.165) is 11.8 Å². The van der Waals surface area contributed by atoms with Crippen LogP contribution in [0.2, 0.25) is 18.1 Å². The molecule has 2 atom stereocenters. The molecule has 0 fully saturated rings. The van der Waals surface area contributed by atoms with E-state index in [-0.39, 0.29) is 23.0 Å². The molecule has 0 amide bonds. The summed E-state index contributed by atoms with van der Waals surface area (Å²) in [5, 5.41) is 10.1. The number of rotatable bonds is 11. The monoisotopic (exact) mass is 568 g/mol. The molecule has 3 aromatic rings. The van der Waals surface area contributed by atoms with Gasteiger partial charge in [-0.2, -0.15) is 0 Å². The Morgan fingerprint density at radius 3 is 1.87 bits per heavy atom. The molecule has 7 heteroatoms. The molecular formula is C31H42FN2OPSSi. The van der Waals surface area contributed by atoms with Crippen molar-refractivity contribution in [3.63, 3.8) is 0 Å². The second kappa shape index (κ2) is 13.3. The number of anilines is 1. The minimum atomic E-state index is -2.10. The summed E-state index contributed by atoms with van der Waals surface area (Å²) in [6.45, 7) is 16.1. The van der Waals surface area contributed by atoms with Gasteiger partial charge in [-0.1, -0.05) is 88.4 Å². The normalized spacial score (nSPS) is 13.8. The van der Waals surface area contributed by atoms with Gasteiger partial charge in [-0.25, -0.2) is 4.39 Å². The molecule has 204 valence electrons. The Morgan fingerprint density at radius 2 is 1.39 bits per heavy atom. The van der Waals surface area contributed by atoms with Crippen molar-refractivity contribution in [1.29, 1.82) is 0 Å². The van der Waals surface area contributed by atoms with Crippen molar-refractivity contribution in [2.45, 2.75) is 64.9 Å². The third-order valence-corrected chi connectivity index (χ3v) is 15.4. The third-order valence-electron chi connectivity index (χ3n) is 7.98. The van der Waals surface area contributed by atoms with E-state index >= 15 is 0 Å². The fraction of sp³-hybridized carbons (Fsp3) is 0.387. The van der Waals surface area contributed by atoms with E-state index in [9.17, 15) is 4.39 Å². The van der Waals surface area contributed by atoms with Crippen LogP contribution in [0.25, 0.3) is 0 Å². The van der Waals surface area contributed by atoms with Gasteiger partial charge in [0.05, 0.1) is 12.1 Å². The summed E-state index contributed by atoms with van der Waals surface area (Å²) in [6.07, 6.45) is 0.794. The zero-order valence-electron chi connectivity index (χ0n) is 23.7. The maximum Gasteiger partial charge on any atom is 0.193 e. The number of thiocarbonyl (C=S) groups is 1. The summed E-state index contributed by atoms with van der Waals surface area (Å²) >= 11 is 5.75. The molecule has 2 N–H and O–H groups in total. The van der Waals surface area contributed by atoms with Crippen LogP contribution in [-0.2, 0) is 4.43 Å². The Morgan fingerprint density at radius 1 is 0.895 bits per heavy atom. The second-order valence-electron chi connectivity index (χ2n) is 11.2. The van der Waals surface area contributed by atoms with E-state index in [1.165, 1.54) is 22.7 Å². The molecule has 0 aliphatic heterocycles. The highest BCUT2D eigenvalue weighted by molar-refractivity contribution is 7.80. The summed E-state index contributed by atoms with van der Waals surface area (Å²) in [5.41, 5.74) is 0.750. The molecule has 0 radical (unpaired) electrons. The molecule has 3 rings (SSSR count). The van der Waals surface area contributed by atoms with Crippen molar-refractivity contribution < 1.29 is 8.82 Å². The van der Waals surface area contributed by atoms with Crippen molar-refractivity contribution in [3.8, 4) is 0 Å². The number of benzene rings is 3. The summed E-state index contributed by atoms with van der Waals surface area (Å²) < 4.78 is 20.4. The quantitative estimate of drug-likeness (QED) is 0.141. The molecule has 0 saturated heterocycles. The number of hydrogen-bond acceptors (Lipinski definition) is 2. The molecule has 0 spiro atoms. The highest BCUT2D eigenvalue weighted by Crippen LogP contribution is 2.45. The van der Waals surface area contributed by atoms with Crippen molar-refractivity contribution in [3.05, 3.63) is 90.7 Å². The van der Waals surface area contributed by atoms with Gasteiger partial charge >= 0.3 is 0 Å². The van der Waals surface area contributed by atoms with Crippen LogP contribution in [0.15, 0.2) is 84.9 Å². The Bertz CT molecular complexity index is 1120. The van der Waals surface area contributed by atoms with Crippen LogP contribution in [0, 0.1) is 11.7 Å². The van der Waals surface area contributed by atoms with Crippen LogP contribution in [0.3, 0.4) is 0 Å². The van der Waals surface area contributed by atoms with Crippen molar-refractivity contribution in [1.82, 2.24) is 5.32 Å². The lowest BCUT2D eigenvalue weighted by Gasteiger charge is -2.45. The molecule has 0 bridgehead atoms. The first-order chi connectivity index (χ1) is 17.9. The summed E-state index contributed by atoms with van der Waals surface area (Å²) in [7, 11) is -2.76. The minimum Gasteiger partial charge on any atom is -0.412 e.